The molecule has 2 aromatic carbocycles. The molecule has 2 aliphatic heterocycles. The third-order valence-corrected chi connectivity index (χ3v) is 5.92. The number of carboxylic acid groups (broad SMARTS) is 4. The first-order valence-electron chi connectivity index (χ1n) is 13.8. The molecule has 0 saturated carbocycles. The molecule has 0 bridgehead atoms. The molecule has 2 heterocycles. The van der Waals surface area contributed by atoms with Gasteiger partial charge in [-0.15, -0.1) is 0 Å². The van der Waals surface area contributed by atoms with E-state index in [-0.39, 0.29) is 47.3 Å². The van der Waals surface area contributed by atoms with Gasteiger partial charge in [0.15, 0.2) is 0 Å². The van der Waals surface area contributed by atoms with E-state index in [0.29, 0.717) is 25.0 Å². The summed E-state index contributed by atoms with van der Waals surface area (Å²) in [6.45, 7) is 12.0. The van der Waals surface area contributed by atoms with E-state index in [9.17, 15) is 29.4 Å². The Balaban J connectivity index is 0.000000571. The fraction of sp³-hybridized carbons (Fsp3) is 0.375. The van der Waals surface area contributed by atoms with Gasteiger partial charge in [-0.1, -0.05) is 48.6 Å². The maximum absolute atomic E-state index is 10.2. The van der Waals surface area contributed by atoms with Gasteiger partial charge < -0.3 is 50.1 Å². The predicted molar refractivity (Wildman–Crippen MR) is 167 cm³/mol. The van der Waals surface area contributed by atoms with Crippen molar-refractivity contribution in [3.05, 3.63) is 84.0 Å². The Morgan fingerprint density at radius 1 is 0.711 bits per heavy atom. The zero-order valence-electron chi connectivity index (χ0n) is 25.7. The molecule has 0 aromatic heterocycles. The van der Waals surface area contributed by atoms with Crippen LogP contribution in [0.1, 0.15) is 36.8 Å². The molecule has 2 saturated heterocycles. The number of hydrogen-bond donors (Lipinski definition) is 4. The summed E-state index contributed by atoms with van der Waals surface area (Å²) in [4.78, 5) is 40.5. The van der Waals surface area contributed by atoms with Gasteiger partial charge in [-0.05, 0) is 63.8 Å². The maximum atomic E-state index is 10.2. The van der Waals surface area contributed by atoms with Crippen molar-refractivity contribution < 1.29 is 49.1 Å². The van der Waals surface area contributed by atoms with Gasteiger partial charge in [0.1, 0.15) is 0 Å². The third kappa shape index (κ3) is 23.2. The van der Waals surface area contributed by atoms with E-state index in [4.69, 9.17) is 19.7 Å². The Kier molecular flexibility index (Phi) is 20.6. The van der Waals surface area contributed by atoms with Crippen LogP contribution in [0, 0.1) is 13.8 Å². The molecule has 2 aliphatic rings. The SMILES string of the molecule is C=C(CCC1CO1)C(=O)O.C=C(CCC1CO1)C(=O)O.Cc1ccc(NCC(=O)[O-])cc1.Cc1ccc(NCC(=O)[O-])cc1.[Mg+2]. The van der Waals surface area contributed by atoms with E-state index in [2.05, 4.69) is 23.8 Å². The van der Waals surface area contributed by atoms with Gasteiger partial charge in [0.25, 0.3) is 0 Å². The van der Waals surface area contributed by atoms with Crippen molar-refractivity contribution >= 4 is 58.3 Å². The molecule has 0 spiro atoms. The minimum atomic E-state index is -1.10. The van der Waals surface area contributed by atoms with Gasteiger partial charge in [0.2, 0.25) is 0 Å². The first-order valence-corrected chi connectivity index (χ1v) is 13.8. The third-order valence-electron chi connectivity index (χ3n) is 5.92. The van der Waals surface area contributed by atoms with E-state index in [1.165, 1.54) is 0 Å². The largest absolute Gasteiger partial charge is 2.00 e. The molecule has 0 amide bonds. The van der Waals surface area contributed by atoms with Gasteiger partial charge in [0.05, 0.1) is 50.4 Å². The number of aryl methyl sites for hydroxylation is 2. The smallest absolute Gasteiger partial charge is 0.548 e. The number of epoxide rings is 2. The fourth-order valence-electron chi connectivity index (χ4n) is 3.05. The van der Waals surface area contributed by atoms with Crippen LogP contribution in [0.3, 0.4) is 0 Å². The van der Waals surface area contributed by atoms with Gasteiger partial charge in [0, 0.05) is 22.5 Å². The van der Waals surface area contributed by atoms with Crippen molar-refractivity contribution in [1.29, 1.82) is 0 Å². The summed E-state index contributed by atoms with van der Waals surface area (Å²) in [5, 5.41) is 42.3. The summed E-state index contributed by atoms with van der Waals surface area (Å²) in [5.41, 5.74) is 4.43. The summed E-state index contributed by atoms with van der Waals surface area (Å²) in [6.07, 6.45) is 3.28. The zero-order chi connectivity index (χ0) is 33.1. The normalized spacial score (nSPS) is 14.9. The minimum Gasteiger partial charge on any atom is -0.548 e. The molecule has 13 heteroatoms. The number of nitrogens with one attached hydrogen (secondary N) is 2. The molecular weight excluding hydrogens is 597 g/mol. The van der Waals surface area contributed by atoms with E-state index < -0.39 is 23.9 Å². The summed E-state index contributed by atoms with van der Waals surface area (Å²) in [7, 11) is 0. The number of anilines is 2. The van der Waals surface area contributed by atoms with E-state index in [0.717, 1.165) is 48.6 Å². The first kappa shape index (κ1) is 41.1. The van der Waals surface area contributed by atoms with E-state index in [1.807, 2.05) is 62.4 Å². The van der Waals surface area contributed by atoms with Gasteiger partial charge in [-0.3, -0.25) is 0 Å². The minimum absolute atomic E-state index is 0. The molecule has 2 unspecified atom stereocenters. The van der Waals surface area contributed by atoms with Gasteiger partial charge >= 0.3 is 35.0 Å². The van der Waals surface area contributed by atoms with Crippen LogP contribution in [-0.2, 0) is 28.7 Å². The van der Waals surface area contributed by atoms with Crippen LogP contribution in [0.2, 0.25) is 0 Å². The van der Waals surface area contributed by atoms with Crippen LogP contribution in [0.4, 0.5) is 11.4 Å². The molecule has 0 aliphatic carbocycles. The quantitative estimate of drug-likeness (QED) is 0.132. The number of carbonyl (C=O) groups is 4. The summed E-state index contributed by atoms with van der Waals surface area (Å²) < 4.78 is 9.81. The van der Waals surface area contributed by atoms with Crippen LogP contribution in [0.5, 0.6) is 0 Å². The fourth-order valence-corrected chi connectivity index (χ4v) is 3.05. The van der Waals surface area contributed by atoms with Crippen LogP contribution in [0.15, 0.2) is 72.8 Å². The van der Waals surface area contributed by atoms with Crippen molar-refractivity contribution in [1.82, 2.24) is 0 Å². The van der Waals surface area contributed by atoms with Crippen molar-refractivity contribution in [2.45, 2.75) is 51.7 Å². The van der Waals surface area contributed by atoms with Crippen LogP contribution < -0.4 is 20.8 Å². The molecule has 0 radical (unpaired) electrons. The van der Waals surface area contributed by atoms with E-state index >= 15 is 0 Å². The summed E-state index contributed by atoms with van der Waals surface area (Å²) in [6, 6.07) is 15.0. The molecule has 2 atom stereocenters. The maximum Gasteiger partial charge on any atom is 2.00 e. The number of rotatable bonds is 14. The molecule has 12 nitrogen and oxygen atoms in total. The zero-order valence-corrected chi connectivity index (χ0v) is 27.1. The van der Waals surface area contributed by atoms with Crippen LogP contribution >= 0.6 is 0 Å². The molecule has 45 heavy (non-hydrogen) atoms. The summed E-state index contributed by atoms with van der Waals surface area (Å²) in [5.74, 6) is -4.01. The number of carboxylic acids is 4. The summed E-state index contributed by atoms with van der Waals surface area (Å²) >= 11 is 0. The second-order valence-corrected chi connectivity index (χ2v) is 9.99. The number of benzene rings is 2. The Bertz CT molecular complexity index is 1140. The van der Waals surface area contributed by atoms with Crippen molar-refractivity contribution in [2.24, 2.45) is 0 Å². The molecule has 2 fully saturated rings. The second-order valence-electron chi connectivity index (χ2n) is 9.99. The second kappa shape index (κ2) is 22.6. The Labute approximate surface area is 279 Å². The van der Waals surface area contributed by atoms with Crippen molar-refractivity contribution in [3.63, 3.8) is 0 Å². The Morgan fingerprint density at radius 3 is 1.22 bits per heavy atom. The number of ether oxygens (including phenoxy) is 2. The van der Waals surface area contributed by atoms with Crippen molar-refractivity contribution in [2.75, 3.05) is 36.9 Å². The number of aliphatic carboxylic acids is 4. The average molecular weight is 637 g/mol. The first-order chi connectivity index (χ1) is 20.8. The monoisotopic (exact) mass is 636 g/mol. The van der Waals surface area contributed by atoms with Crippen molar-refractivity contribution in [3.8, 4) is 0 Å². The van der Waals surface area contributed by atoms with Crippen LogP contribution in [-0.4, -0.2) is 95.7 Å². The average Bonchev–Trinajstić information content (AvgIpc) is 3.91. The topological polar surface area (TPSA) is 204 Å². The molecule has 240 valence electrons. The Hall–Kier alpha value is -3.91. The molecule has 2 aromatic rings. The predicted octanol–water partition coefficient (Wildman–Crippen LogP) is 1.55. The van der Waals surface area contributed by atoms with Gasteiger partial charge in [-0.2, -0.15) is 0 Å². The molecule has 4 N–H and O–H groups in total. The molecular formula is C32H40MgN2O10. The number of carbonyl (C=O) groups excluding carboxylic acids is 2. The van der Waals surface area contributed by atoms with E-state index in [1.54, 1.807) is 0 Å². The number of hydrogen-bond acceptors (Lipinski definition) is 10. The van der Waals surface area contributed by atoms with Gasteiger partial charge in [-0.25, -0.2) is 9.59 Å². The standard InChI is InChI=1S/2C9H11NO2.2C7H10O3.Mg/c2*1-7-2-4-8(5-3-7)10-6-9(11)12;2*1-5(7(8)9)2-3-6-4-10-6;/h2*2-5,10H,6H2,1H3,(H,11,12);2*6H,1-4H2,(H,8,9);/q;;;;+2/p-2. The Morgan fingerprint density at radius 2 is 1.00 bits per heavy atom. The van der Waals surface area contributed by atoms with Crippen LogP contribution in [0.25, 0.3) is 0 Å². The molecule has 4 rings (SSSR count).